The molecule has 1 aromatic carbocycles. The van der Waals surface area contributed by atoms with Crippen LogP contribution in [0.15, 0.2) is 18.2 Å². The van der Waals surface area contributed by atoms with E-state index in [1.54, 1.807) is 0 Å². The fourth-order valence-corrected chi connectivity index (χ4v) is 2.85. The number of rotatable bonds is 3. The van der Waals surface area contributed by atoms with Crippen molar-refractivity contribution >= 4 is 11.3 Å². The number of hydrogen-bond acceptors (Lipinski definition) is 3. The average molecular weight is 268 g/mol. The highest BCUT2D eigenvalue weighted by atomic mass is 32.1. The topological polar surface area (TPSA) is 38.9 Å². The molecular weight excluding hydrogens is 254 g/mol. The van der Waals surface area contributed by atoms with Gasteiger partial charge < -0.3 is 5.73 Å². The molecule has 0 saturated carbocycles. The summed E-state index contributed by atoms with van der Waals surface area (Å²) in [7, 11) is 0. The lowest BCUT2D eigenvalue weighted by Crippen LogP contribution is -2.12. The molecule has 0 aliphatic rings. The summed E-state index contributed by atoms with van der Waals surface area (Å²) in [5.41, 5.74) is 7.40. The molecule has 0 aliphatic carbocycles. The van der Waals surface area contributed by atoms with Crippen LogP contribution in [0.25, 0.3) is 0 Å². The minimum absolute atomic E-state index is 0.406. The van der Waals surface area contributed by atoms with Crippen LogP contribution in [0.4, 0.5) is 8.78 Å². The monoisotopic (exact) mass is 268 g/mol. The fraction of sp³-hybridized carbons (Fsp3) is 0.308. The summed E-state index contributed by atoms with van der Waals surface area (Å²) in [5.74, 6) is -1.24. The van der Waals surface area contributed by atoms with Crippen molar-refractivity contribution in [2.75, 3.05) is 0 Å². The molecule has 1 heterocycles. The van der Waals surface area contributed by atoms with Crippen LogP contribution >= 0.6 is 11.3 Å². The summed E-state index contributed by atoms with van der Waals surface area (Å²) < 4.78 is 26.3. The smallest absolute Gasteiger partial charge is 0.126 e. The van der Waals surface area contributed by atoms with Gasteiger partial charge in [-0.05, 0) is 31.0 Å². The van der Waals surface area contributed by atoms with Gasteiger partial charge in [-0.1, -0.05) is 6.92 Å². The van der Waals surface area contributed by atoms with Crippen LogP contribution in [-0.4, -0.2) is 4.98 Å². The van der Waals surface area contributed by atoms with Crippen molar-refractivity contribution in [1.82, 2.24) is 4.98 Å². The van der Waals surface area contributed by atoms with E-state index in [9.17, 15) is 8.78 Å². The molecule has 0 fully saturated rings. The second kappa shape index (κ2) is 5.12. The Kier molecular flexibility index (Phi) is 3.73. The first-order chi connectivity index (χ1) is 8.51. The van der Waals surface area contributed by atoms with Gasteiger partial charge in [-0.3, -0.25) is 0 Å². The molecule has 1 aromatic heterocycles. The van der Waals surface area contributed by atoms with E-state index in [-0.39, 0.29) is 0 Å². The van der Waals surface area contributed by atoms with Crippen LogP contribution in [0.3, 0.4) is 0 Å². The summed E-state index contributed by atoms with van der Waals surface area (Å²) in [5, 5.41) is 0.689. The second-order valence-corrected chi connectivity index (χ2v) is 5.32. The summed E-state index contributed by atoms with van der Waals surface area (Å²) >= 11 is 1.47. The molecule has 1 unspecified atom stereocenters. The van der Waals surface area contributed by atoms with Gasteiger partial charge in [0, 0.05) is 10.9 Å². The number of thiazole rings is 1. The lowest BCUT2D eigenvalue weighted by molar-refractivity contribution is 0.577. The Morgan fingerprint density at radius 3 is 2.39 bits per heavy atom. The van der Waals surface area contributed by atoms with Gasteiger partial charge in [-0.15, -0.1) is 11.3 Å². The molecule has 2 N–H and O–H groups in total. The first-order valence-corrected chi connectivity index (χ1v) is 6.50. The number of halogens is 2. The lowest BCUT2D eigenvalue weighted by Gasteiger charge is -2.09. The first kappa shape index (κ1) is 13.1. The molecular formula is C13H14F2N2S. The summed E-state index contributed by atoms with van der Waals surface area (Å²) in [6, 6.07) is 2.74. The molecule has 0 radical (unpaired) electrons. The summed E-state index contributed by atoms with van der Waals surface area (Å²) in [4.78, 5) is 5.51. The van der Waals surface area contributed by atoms with E-state index in [0.717, 1.165) is 23.1 Å². The molecule has 5 heteroatoms. The summed E-state index contributed by atoms with van der Waals surface area (Å²) in [6.45, 7) is 3.98. The van der Waals surface area contributed by atoms with Gasteiger partial charge in [0.1, 0.15) is 16.6 Å². The molecule has 2 nitrogen and oxygen atoms in total. The zero-order valence-electron chi connectivity index (χ0n) is 10.2. The zero-order chi connectivity index (χ0) is 13.3. The number of aryl methyl sites for hydroxylation is 2. The Bertz CT molecular complexity index is 546. The van der Waals surface area contributed by atoms with Crippen LogP contribution < -0.4 is 5.73 Å². The SMILES string of the molecule is CCc1nc(C(N)c2cc(F)cc(F)c2)sc1C. The molecule has 1 atom stereocenters. The van der Waals surface area contributed by atoms with E-state index >= 15 is 0 Å². The highest BCUT2D eigenvalue weighted by molar-refractivity contribution is 7.11. The predicted molar refractivity (Wildman–Crippen MR) is 68.6 cm³/mol. The minimum Gasteiger partial charge on any atom is -0.318 e. The van der Waals surface area contributed by atoms with E-state index in [2.05, 4.69) is 4.98 Å². The van der Waals surface area contributed by atoms with Crippen molar-refractivity contribution in [3.8, 4) is 0 Å². The van der Waals surface area contributed by atoms with Gasteiger partial charge in [0.2, 0.25) is 0 Å². The highest BCUT2D eigenvalue weighted by Crippen LogP contribution is 2.27. The average Bonchev–Trinajstić information content (AvgIpc) is 2.68. The van der Waals surface area contributed by atoms with E-state index in [4.69, 9.17) is 5.73 Å². The third-order valence-corrected chi connectivity index (χ3v) is 3.85. The van der Waals surface area contributed by atoms with Crippen molar-refractivity contribution in [2.24, 2.45) is 5.73 Å². The molecule has 0 amide bonds. The molecule has 0 bridgehead atoms. The minimum atomic E-state index is -0.621. The van der Waals surface area contributed by atoms with Crippen molar-refractivity contribution in [3.63, 3.8) is 0 Å². The Balaban J connectivity index is 2.37. The zero-order valence-corrected chi connectivity index (χ0v) is 11.0. The third-order valence-electron chi connectivity index (χ3n) is 2.75. The van der Waals surface area contributed by atoms with Crippen LogP contribution in [0, 0.1) is 18.6 Å². The number of aromatic nitrogens is 1. The third kappa shape index (κ3) is 2.57. The Morgan fingerprint density at radius 2 is 1.89 bits per heavy atom. The standard InChI is InChI=1S/C13H14F2N2S/c1-3-11-7(2)18-13(17-11)12(16)8-4-9(14)6-10(15)5-8/h4-6,12H,3,16H2,1-2H3. The molecule has 0 aliphatic heterocycles. The molecule has 2 aromatic rings. The largest absolute Gasteiger partial charge is 0.318 e. The quantitative estimate of drug-likeness (QED) is 0.927. The normalized spacial score (nSPS) is 12.7. The van der Waals surface area contributed by atoms with E-state index in [1.165, 1.54) is 23.5 Å². The van der Waals surface area contributed by atoms with Gasteiger partial charge >= 0.3 is 0 Å². The maximum Gasteiger partial charge on any atom is 0.126 e. The van der Waals surface area contributed by atoms with Gasteiger partial charge in [0.05, 0.1) is 11.7 Å². The fourth-order valence-electron chi connectivity index (χ4n) is 1.81. The van der Waals surface area contributed by atoms with Crippen molar-refractivity contribution < 1.29 is 8.78 Å². The van der Waals surface area contributed by atoms with Crippen molar-refractivity contribution in [1.29, 1.82) is 0 Å². The predicted octanol–water partition coefficient (Wildman–Crippen LogP) is 3.34. The van der Waals surface area contributed by atoms with Gasteiger partial charge in [-0.25, -0.2) is 13.8 Å². The van der Waals surface area contributed by atoms with E-state index in [1.807, 2.05) is 13.8 Å². The number of benzene rings is 1. The van der Waals surface area contributed by atoms with Gasteiger partial charge in [0.25, 0.3) is 0 Å². The van der Waals surface area contributed by atoms with E-state index in [0.29, 0.717) is 10.6 Å². The van der Waals surface area contributed by atoms with Gasteiger partial charge in [-0.2, -0.15) is 0 Å². The van der Waals surface area contributed by atoms with Crippen molar-refractivity contribution in [2.45, 2.75) is 26.3 Å². The highest BCUT2D eigenvalue weighted by Gasteiger charge is 2.16. The van der Waals surface area contributed by atoms with E-state index < -0.39 is 17.7 Å². The first-order valence-electron chi connectivity index (χ1n) is 5.69. The Morgan fingerprint density at radius 1 is 1.28 bits per heavy atom. The molecule has 96 valence electrons. The molecule has 18 heavy (non-hydrogen) atoms. The van der Waals surface area contributed by atoms with Crippen LogP contribution in [0.5, 0.6) is 0 Å². The second-order valence-electron chi connectivity index (χ2n) is 4.09. The maximum atomic E-state index is 13.1. The van der Waals surface area contributed by atoms with Crippen LogP contribution in [-0.2, 0) is 6.42 Å². The number of nitrogens with two attached hydrogens (primary N) is 1. The number of nitrogens with zero attached hydrogens (tertiary/aromatic N) is 1. The Hall–Kier alpha value is -1.33. The lowest BCUT2D eigenvalue weighted by atomic mass is 10.1. The summed E-state index contributed by atoms with van der Waals surface area (Å²) in [6.07, 6.45) is 0.826. The molecule has 2 rings (SSSR count). The van der Waals surface area contributed by atoms with Crippen LogP contribution in [0.1, 0.15) is 34.1 Å². The van der Waals surface area contributed by atoms with Gasteiger partial charge in [0.15, 0.2) is 0 Å². The Labute approximate surface area is 108 Å². The van der Waals surface area contributed by atoms with Crippen LogP contribution in [0.2, 0.25) is 0 Å². The molecule has 0 saturated heterocycles. The maximum absolute atomic E-state index is 13.1. The van der Waals surface area contributed by atoms with Crippen molar-refractivity contribution in [3.05, 3.63) is 51.0 Å². The molecule has 0 spiro atoms. The number of hydrogen-bond donors (Lipinski definition) is 1.